The zero-order valence-electron chi connectivity index (χ0n) is 17.4. The summed E-state index contributed by atoms with van der Waals surface area (Å²) in [5, 5.41) is 3.33. The predicted molar refractivity (Wildman–Crippen MR) is 121 cm³/mol. The highest BCUT2D eigenvalue weighted by Gasteiger charge is 2.14. The summed E-state index contributed by atoms with van der Waals surface area (Å²) in [7, 11) is 0. The highest BCUT2D eigenvalue weighted by molar-refractivity contribution is 6.07. The molecular weight excluding hydrogens is 407 g/mol. The van der Waals surface area contributed by atoms with Crippen molar-refractivity contribution in [3.8, 4) is 11.3 Å². The number of urea groups is 1. The lowest BCUT2D eigenvalue weighted by atomic mass is 10.0. The molecule has 0 saturated carbocycles. The lowest BCUT2D eigenvalue weighted by Gasteiger charge is -2.12. The van der Waals surface area contributed by atoms with Crippen LogP contribution in [0.2, 0.25) is 0 Å². The van der Waals surface area contributed by atoms with Gasteiger partial charge in [0.25, 0.3) is 5.91 Å². The molecule has 1 heterocycles. The van der Waals surface area contributed by atoms with Gasteiger partial charge in [0.1, 0.15) is 5.82 Å². The first-order valence-electron chi connectivity index (χ1n) is 10.0. The van der Waals surface area contributed by atoms with E-state index in [1.54, 1.807) is 36.4 Å². The van der Waals surface area contributed by atoms with E-state index in [1.807, 2.05) is 37.3 Å². The van der Waals surface area contributed by atoms with Crippen LogP contribution in [-0.2, 0) is 6.54 Å². The van der Waals surface area contributed by atoms with Crippen LogP contribution in [0.1, 0.15) is 21.5 Å². The van der Waals surface area contributed by atoms with Crippen LogP contribution >= 0.6 is 0 Å². The summed E-state index contributed by atoms with van der Waals surface area (Å²) in [4.78, 5) is 29.6. The van der Waals surface area contributed by atoms with E-state index in [1.165, 1.54) is 12.1 Å². The second-order valence-corrected chi connectivity index (χ2v) is 7.33. The Balaban J connectivity index is 1.49. The number of nitrogens with zero attached hydrogens (tertiary/aromatic N) is 1. The van der Waals surface area contributed by atoms with Crippen LogP contribution in [0.15, 0.2) is 78.9 Å². The summed E-state index contributed by atoms with van der Waals surface area (Å²) in [6.45, 7) is 2.32. The maximum absolute atomic E-state index is 13.3. The number of rotatable bonds is 4. The molecule has 3 amide bonds. The fourth-order valence-electron chi connectivity index (χ4n) is 3.25. The van der Waals surface area contributed by atoms with Crippen molar-refractivity contribution >= 4 is 22.8 Å². The number of pyridine rings is 1. The fraction of sp³-hybridized carbons (Fsp3) is 0.0800. The van der Waals surface area contributed by atoms with Gasteiger partial charge in [-0.2, -0.15) is 0 Å². The molecule has 4 aromatic rings. The minimum absolute atomic E-state index is 0.328. The molecule has 160 valence electrons. The molecular formula is C25H21FN4O2. The van der Waals surface area contributed by atoms with Gasteiger partial charge in [-0.25, -0.2) is 19.6 Å². The molecule has 32 heavy (non-hydrogen) atoms. The standard InChI is InChI=1S/C25H21FN4O2/c1-16-6-8-17(9-7-16)15-27-25(32)30-29-24(31)21-14-23(18-10-12-19(26)13-11-18)28-22-5-3-2-4-20(21)22/h2-14H,15H2,1H3,(H,29,31)(H2,27,30,32). The van der Waals surface area contributed by atoms with Crippen molar-refractivity contribution in [2.24, 2.45) is 0 Å². The third kappa shape index (κ3) is 4.89. The summed E-state index contributed by atoms with van der Waals surface area (Å²) in [5.74, 6) is -0.842. The molecule has 0 unspecified atom stereocenters. The molecule has 0 aliphatic carbocycles. The summed E-state index contributed by atoms with van der Waals surface area (Å²) in [6, 6.07) is 21.9. The molecule has 0 fully saturated rings. The topological polar surface area (TPSA) is 83.1 Å². The van der Waals surface area contributed by atoms with E-state index in [4.69, 9.17) is 0 Å². The Bertz CT molecular complexity index is 1270. The number of aryl methyl sites for hydroxylation is 1. The predicted octanol–water partition coefficient (Wildman–Crippen LogP) is 4.49. The third-order valence-electron chi connectivity index (χ3n) is 4.96. The van der Waals surface area contributed by atoms with Crippen LogP contribution in [0, 0.1) is 12.7 Å². The lowest BCUT2D eigenvalue weighted by molar-refractivity contribution is 0.0938. The minimum Gasteiger partial charge on any atom is -0.333 e. The van der Waals surface area contributed by atoms with Crippen molar-refractivity contribution in [1.82, 2.24) is 21.2 Å². The quantitative estimate of drug-likeness (QED) is 0.419. The maximum Gasteiger partial charge on any atom is 0.333 e. The number of para-hydroxylation sites is 1. The van der Waals surface area contributed by atoms with E-state index in [0.29, 0.717) is 34.3 Å². The monoisotopic (exact) mass is 428 g/mol. The number of halogens is 1. The number of fused-ring (bicyclic) bond motifs is 1. The lowest BCUT2D eigenvalue weighted by Crippen LogP contribution is -2.46. The average molecular weight is 428 g/mol. The average Bonchev–Trinajstić information content (AvgIpc) is 2.82. The van der Waals surface area contributed by atoms with Gasteiger partial charge in [0, 0.05) is 17.5 Å². The number of nitrogens with one attached hydrogen (secondary N) is 3. The van der Waals surface area contributed by atoms with E-state index < -0.39 is 11.9 Å². The molecule has 3 aromatic carbocycles. The van der Waals surface area contributed by atoms with Crippen LogP contribution in [0.25, 0.3) is 22.2 Å². The Morgan fingerprint density at radius 2 is 1.62 bits per heavy atom. The zero-order valence-corrected chi connectivity index (χ0v) is 17.4. The van der Waals surface area contributed by atoms with Crippen molar-refractivity contribution in [2.75, 3.05) is 0 Å². The number of carbonyl (C=O) groups excluding carboxylic acids is 2. The first kappa shape index (κ1) is 21.0. The third-order valence-corrected chi connectivity index (χ3v) is 4.96. The van der Waals surface area contributed by atoms with Crippen LogP contribution in [0.4, 0.5) is 9.18 Å². The molecule has 0 atom stereocenters. The van der Waals surface area contributed by atoms with Crippen LogP contribution < -0.4 is 16.2 Å². The van der Waals surface area contributed by atoms with E-state index in [0.717, 1.165) is 11.1 Å². The molecule has 0 spiro atoms. The highest BCUT2D eigenvalue weighted by atomic mass is 19.1. The number of hydrazine groups is 1. The smallest absolute Gasteiger partial charge is 0.333 e. The number of amides is 3. The van der Waals surface area contributed by atoms with Crippen molar-refractivity contribution in [2.45, 2.75) is 13.5 Å². The second kappa shape index (κ2) is 9.26. The van der Waals surface area contributed by atoms with Gasteiger partial charge in [-0.3, -0.25) is 10.2 Å². The summed E-state index contributed by atoms with van der Waals surface area (Å²) < 4.78 is 13.3. The molecule has 0 bridgehead atoms. The van der Waals surface area contributed by atoms with Crippen molar-refractivity contribution in [3.05, 3.63) is 101 Å². The van der Waals surface area contributed by atoms with E-state index in [9.17, 15) is 14.0 Å². The molecule has 0 radical (unpaired) electrons. The number of hydrogen-bond acceptors (Lipinski definition) is 3. The van der Waals surface area contributed by atoms with E-state index in [-0.39, 0.29) is 5.82 Å². The number of hydrogen-bond donors (Lipinski definition) is 3. The van der Waals surface area contributed by atoms with Gasteiger partial charge in [0.2, 0.25) is 0 Å². The Hall–Kier alpha value is -4.26. The van der Waals surface area contributed by atoms with Crippen LogP contribution in [-0.4, -0.2) is 16.9 Å². The first-order valence-corrected chi connectivity index (χ1v) is 10.0. The largest absolute Gasteiger partial charge is 0.333 e. The van der Waals surface area contributed by atoms with Crippen molar-refractivity contribution < 1.29 is 14.0 Å². The Morgan fingerprint density at radius 1 is 0.906 bits per heavy atom. The summed E-state index contributed by atoms with van der Waals surface area (Å²) in [5.41, 5.74) is 9.05. The number of aromatic nitrogens is 1. The number of carbonyl (C=O) groups is 2. The fourth-order valence-corrected chi connectivity index (χ4v) is 3.25. The van der Waals surface area contributed by atoms with E-state index >= 15 is 0 Å². The molecule has 0 aliphatic rings. The second-order valence-electron chi connectivity index (χ2n) is 7.33. The van der Waals surface area contributed by atoms with Gasteiger partial charge in [-0.05, 0) is 48.9 Å². The summed E-state index contributed by atoms with van der Waals surface area (Å²) in [6.07, 6.45) is 0. The zero-order chi connectivity index (χ0) is 22.5. The molecule has 7 heteroatoms. The molecule has 4 rings (SSSR count). The Labute approximate surface area is 184 Å². The molecule has 3 N–H and O–H groups in total. The van der Waals surface area contributed by atoms with Crippen molar-refractivity contribution in [1.29, 1.82) is 0 Å². The van der Waals surface area contributed by atoms with Gasteiger partial charge >= 0.3 is 6.03 Å². The summed E-state index contributed by atoms with van der Waals surface area (Å²) >= 11 is 0. The number of benzene rings is 3. The van der Waals surface area contributed by atoms with E-state index in [2.05, 4.69) is 21.2 Å². The Kier molecular flexibility index (Phi) is 6.07. The first-order chi connectivity index (χ1) is 15.5. The van der Waals surface area contributed by atoms with Gasteiger partial charge in [0.05, 0.1) is 16.8 Å². The molecule has 0 saturated heterocycles. The Morgan fingerprint density at radius 3 is 2.38 bits per heavy atom. The SMILES string of the molecule is Cc1ccc(CNC(=O)NNC(=O)c2cc(-c3ccc(F)cc3)nc3ccccc23)cc1. The minimum atomic E-state index is -0.531. The van der Waals surface area contributed by atoms with Crippen LogP contribution in [0.5, 0.6) is 0 Å². The molecule has 6 nitrogen and oxygen atoms in total. The van der Waals surface area contributed by atoms with Gasteiger partial charge in [0.15, 0.2) is 0 Å². The van der Waals surface area contributed by atoms with Gasteiger partial charge in [-0.15, -0.1) is 0 Å². The van der Waals surface area contributed by atoms with Crippen molar-refractivity contribution in [3.63, 3.8) is 0 Å². The molecule has 0 aliphatic heterocycles. The highest BCUT2D eigenvalue weighted by Crippen LogP contribution is 2.25. The molecule has 1 aromatic heterocycles. The van der Waals surface area contributed by atoms with Gasteiger partial charge in [-0.1, -0.05) is 48.0 Å². The normalized spacial score (nSPS) is 10.6. The van der Waals surface area contributed by atoms with Gasteiger partial charge < -0.3 is 5.32 Å². The maximum atomic E-state index is 13.3. The van der Waals surface area contributed by atoms with Crippen LogP contribution in [0.3, 0.4) is 0 Å².